The predicted octanol–water partition coefficient (Wildman–Crippen LogP) is 1.80. The number of rotatable bonds is 6. The maximum absolute atomic E-state index is 12.9. The zero-order valence-corrected chi connectivity index (χ0v) is 12.1. The zero-order valence-electron chi connectivity index (χ0n) is 12.1. The van der Waals surface area contributed by atoms with Crippen LogP contribution in [0.3, 0.4) is 0 Å². The summed E-state index contributed by atoms with van der Waals surface area (Å²) in [5.74, 6) is -1.05. The molecular formula is C16H17FN2O3. The lowest BCUT2D eigenvalue weighted by atomic mass is 9.98. The molecule has 0 aliphatic heterocycles. The lowest BCUT2D eigenvalue weighted by molar-refractivity contribution is -0.121. The van der Waals surface area contributed by atoms with E-state index in [1.807, 2.05) is 0 Å². The van der Waals surface area contributed by atoms with Crippen LogP contribution in [-0.2, 0) is 11.2 Å². The van der Waals surface area contributed by atoms with Crippen LogP contribution in [0.15, 0.2) is 40.8 Å². The summed E-state index contributed by atoms with van der Waals surface area (Å²) in [4.78, 5) is 23.4. The van der Waals surface area contributed by atoms with Crippen LogP contribution in [0.5, 0.6) is 0 Å². The summed E-state index contributed by atoms with van der Waals surface area (Å²) < 4.78 is 18.1. The number of carbonyl (C=O) groups is 2. The molecule has 1 atom stereocenters. The molecule has 116 valence electrons. The maximum Gasteiger partial charge on any atom is 0.287 e. The molecule has 0 saturated heterocycles. The summed E-state index contributed by atoms with van der Waals surface area (Å²) in [6, 6.07) is 9.05. The van der Waals surface area contributed by atoms with Crippen molar-refractivity contribution in [1.82, 2.24) is 5.32 Å². The van der Waals surface area contributed by atoms with Crippen LogP contribution in [0.1, 0.15) is 21.9 Å². The molecule has 2 amide bonds. The van der Waals surface area contributed by atoms with E-state index in [1.54, 1.807) is 31.2 Å². The summed E-state index contributed by atoms with van der Waals surface area (Å²) in [6.07, 6.45) is 0.326. The third-order valence-corrected chi connectivity index (χ3v) is 3.27. The van der Waals surface area contributed by atoms with Crippen molar-refractivity contribution in [3.05, 3.63) is 59.3 Å². The molecule has 22 heavy (non-hydrogen) atoms. The SMILES string of the molecule is Cc1ccc(C(=O)NCC(Cc2ccc(F)cc2)C(N)=O)o1. The minimum Gasteiger partial charge on any atom is -0.456 e. The number of hydrogen-bond donors (Lipinski definition) is 2. The Morgan fingerprint density at radius 3 is 2.45 bits per heavy atom. The van der Waals surface area contributed by atoms with Gasteiger partial charge in [0, 0.05) is 6.54 Å². The Balaban J connectivity index is 1.95. The number of nitrogens with one attached hydrogen (secondary N) is 1. The second-order valence-electron chi connectivity index (χ2n) is 5.05. The molecule has 1 aromatic carbocycles. The number of benzene rings is 1. The third-order valence-electron chi connectivity index (χ3n) is 3.27. The second kappa shape index (κ2) is 6.89. The number of furan rings is 1. The second-order valence-corrected chi connectivity index (χ2v) is 5.05. The summed E-state index contributed by atoms with van der Waals surface area (Å²) in [6.45, 7) is 1.82. The Kier molecular flexibility index (Phi) is 4.93. The molecule has 1 heterocycles. The van der Waals surface area contributed by atoms with Crippen molar-refractivity contribution < 1.29 is 18.4 Å². The van der Waals surface area contributed by atoms with Crippen LogP contribution in [0, 0.1) is 18.7 Å². The first-order valence-corrected chi connectivity index (χ1v) is 6.84. The van der Waals surface area contributed by atoms with Gasteiger partial charge in [-0.1, -0.05) is 12.1 Å². The van der Waals surface area contributed by atoms with Crippen molar-refractivity contribution in [2.75, 3.05) is 6.54 Å². The molecule has 1 unspecified atom stereocenters. The molecule has 0 fully saturated rings. The van der Waals surface area contributed by atoms with Crippen LogP contribution < -0.4 is 11.1 Å². The van der Waals surface area contributed by atoms with E-state index in [0.717, 1.165) is 5.56 Å². The van der Waals surface area contributed by atoms with Gasteiger partial charge in [0.05, 0.1) is 5.92 Å². The van der Waals surface area contributed by atoms with Gasteiger partial charge in [-0.05, 0) is 43.2 Å². The van der Waals surface area contributed by atoms with Gasteiger partial charge < -0.3 is 15.5 Å². The number of carbonyl (C=O) groups excluding carboxylic acids is 2. The molecule has 3 N–H and O–H groups in total. The Labute approximate surface area is 127 Å². The van der Waals surface area contributed by atoms with E-state index < -0.39 is 17.7 Å². The highest BCUT2D eigenvalue weighted by molar-refractivity contribution is 5.91. The monoisotopic (exact) mass is 304 g/mol. The number of nitrogens with two attached hydrogens (primary N) is 1. The van der Waals surface area contributed by atoms with Gasteiger partial charge in [0.1, 0.15) is 11.6 Å². The Morgan fingerprint density at radius 2 is 1.91 bits per heavy atom. The molecule has 0 spiro atoms. The fourth-order valence-corrected chi connectivity index (χ4v) is 2.04. The van der Waals surface area contributed by atoms with Crippen molar-refractivity contribution in [2.24, 2.45) is 11.7 Å². The Hall–Kier alpha value is -2.63. The van der Waals surface area contributed by atoms with Crippen LogP contribution in [0.25, 0.3) is 0 Å². The molecule has 5 nitrogen and oxygen atoms in total. The Morgan fingerprint density at radius 1 is 1.23 bits per heavy atom. The fraction of sp³-hybridized carbons (Fsp3) is 0.250. The first-order chi connectivity index (χ1) is 10.5. The van der Waals surface area contributed by atoms with E-state index in [-0.39, 0.29) is 18.1 Å². The molecular weight excluding hydrogens is 287 g/mol. The van der Waals surface area contributed by atoms with Crippen molar-refractivity contribution in [2.45, 2.75) is 13.3 Å². The first-order valence-electron chi connectivity index (χ1n) is 6.84. The van der Waals surface area contributed by atoms with Crippen LogP contribution in [0.2, 0.25) is 0 Å². The fourth-order valence-electron chi connectivity index (χ4n) is 2.04. The molecule has 0 aliphatic rings. The molecule has 6 heteroatoms. The topological polar surface area (TPSA) is 85.3 Å². The van der Waals surface area contributed by atoms with Crippen LogP contribution >= 0.6 is 0 Å². The van der Waals surface area contributed by atoms with Gasteiger partial charge in [0.25, 0.3) is 5.91 Å². The van der Waals surface area contributed by atoms with Gasteiger partial charge in [0.2, 0.25) is 5.91 Å². The molecule has 0 saturated carbocycles. The number of halogens is 1. The van der Waals surface area contributed by atoms with Crippen molar-refractivity contribution in [3.63, 3.8) is 0 Å². The first kappa shape index (κ1) is 15.8. The molecule has 2 aromatic rings. The van der Waals surface area contributed by atoms with E-state index in [9.17, 15) is 14.0 Å². The summed E-state index contributed by atoms with van der Waals surface area (Å²) in [5, 5.41) is 2.62. The lowest BCUT2D eigenvalue weighted by Gasteiger charge is -2.14. The third kappa shape index (κ3) is 4.18. The van der Waals surface area contributed by atoms with Crippen LogP contribution in [-0.4, -0.2) is 18.4 Å². The van der Waals surface area contributed by atoms with Gasteiger partial charge >= 0.3 is 0 Å². The number of amides is 2. The smallest absolute Gasteiger partial charge is 0.287 e. The van der Waals surface area contributed by atoms with Gasteiger partial charge in [-0.3, -0.25) is 9.59 Å². The standard InChI is InChI=1S/C16H17FN2O3/c1-10-2-7-14(22-10)16(21)19-9-12(15(18)20)8-11-3-5-13(17)6-4-11/h2-7,12H,8-9H2,1H3,(H2,18,20)(H,19,21). The van der Waals surface area contributed by atoms with E-state index in [2.05, 4.69) is 5.32 Å². The normalized spacial score (nSPS) is 11.9. The average molecular weight is 304 g/mol. The molecule has 1 aromatic heterocycles. The van der Waals surface area contributed by atoms with Gasteiger partial charge in [-0.15, -0.1) is 0 Å². The van der Waals surface area contributed by atoms with Crippen molar-refractivity contribution in [3.8, 4) is 0 Å². The summed E-state index contributed by atoms with van der Waals surface area (Å²) in [7, 11) is 0. The van der Waals surface area contributed by atoms with Gasteiger partial charge in [0.15, 0.2) is 5.76 Å². The quantitative estimate of drug-likeness (QED) is 0.853. The number of aryl methyl sites for hydroxylation is 1. The minimum atomic E-state index is -0.578. The number of primary amides is 1. The van der Waals surface area contributed by atoms with E-state index in [1.165, 1.54) is 12.1 Å². The minimum absolute atomic E-state index is 0.0886. The number of hydrogen-bond acceptors (Lipinski definition) is 3. The van der Waals surface area contributed by atoms with Gasteiger partial charge in [-0.25, -0.2) is 4.39 Å². The average Bonchev–Trinajstić information content (AvgIpc) is 2.91. The van der Waals surface area contributed by atoms with Crippen molar-refractivity contribution in [1.29, 1.82) is 0 Å². The summed E-state index contributed by atoms with van der Waals surface area (Å²) >= 11 is 0. The highest BCUT2D eigenvalue weighted by Gasteiger charge is 2.18. The van der Waals surface area contributed by atoms with Gasteiger partial charge in [-0.2, -0.15) is 0 Å². The largest absolute Gasteiger partial charge is 0.456 e. The molecule has 0 bridgehead atoms. The lowest BCUT2D eigenvalue weighted by Crippen LogP contribution is -2.37. The highest BCUT2D eigenvalue weighted by Crippen LogP contribution is 2.10. The molecule has 0 radical (unpaired) electrons. The molecule has 2 rings (SSSR count). The van der Waals surface area contributed by atoms with E-state index in [4.69, 9.17) is 10.2 Å². The molecule has 0 aliphatic carbocycles. The Bertz CT molecular complexity index is 664. The van der Waals surface area contributed by atoms with Crippen LogP contribution in [0.4, 0.5) is 4.39 Å². The highest BCUT2D eigenvalue weighted by atomic mass is 19.1. The van der Waals surface area contributed by atoms with E-state index in [0.29, 0.717) is 12.2 Å². The maximum atomic E-state index is 12.9. The van der Waals surface area contributed by atoms with E-state index >= 15 is 0 Å². The van der Waals surface area contributed by atoms with Crippen molar-refractivity contribution >= 4 is 11.8 Å². The zero-order chi connectivity index (χ0) is 16.1. The summed E-state index contributed by atoms with van der Waals surface area (Å²) in [5.41, 5.74) is 6.13. The predicted molar refractivity (Wildman–Crippen MR) is 78.6 cm³/mol.